The molecule has 0 aliphatic carbocycles. The van der Waals surface area contributed by atoms with Crippen LogP contribution in [0.4, 0.5) is 0 Å². The molecule has 0 fully saturated rings. The number of carbonyl (C=O) groups is 1. The predicted molar refractivity (Wildman–Crippen MR) is 103 cm³/mol. The molecule has 8 heteroatoms. The molecule has 0 bridgehead atoms. The third kappa shape index (κ3) is 3.39. The highest BCUT2D eigenvalue weighted by atomic mass is 35.5. The first-order valence-corrected chi connectivity index (χ1v) is 8.90. The van der Waals surface area contributed by atoms with E-state index in [9.17, 15) is 4.79 Å². The fourth-order valence-corrected chi connectivity index (χ4v) is 3.30. The van der Waals surface area contributed by atoms with Crippen molar-refractivity contribution in [2.75, 3.05) is 13.7 Å². The van der Waals surface area contributed by atoms with Crippen LogP contribution in [0.2, 0.25) is 5.02 Å². The summed E-state index contributed by atoms with van der Waals surface area (Å²) in [5.74, 6) is 0.479. The van der Waals surface area contributed by atoms with Crippen LogP contribution in [0.5, 0.6) is 0 Å². The lowest BCUT2D eigenvalue weighted by atomic mass is 10.2. The van der Waals surface area contributed by atoms with Crippen LogP contribution in [-0.4, -0.2) is 38.8 Å². The Morgan fingerprint density at radius 3 is 2.96 bits per heavy atom. The summed E-state index contributed by atoms with van der Waals surface area (Å²) in [7, 11) is 1.64. The van der Waals surface area contributed by atoms with E-state index in [0.717, 1.165) is 16.6 Å². The smallest absolute Gasteiger partial charge is 0.268 e. The molecule has 3 heterocycles. The van der Waals surface area contributed by atoms with Crippen LogP contribution in [0.15, 0.2) is 48.7 Å². The Morgan fingerprint density at radius 2 is 2.11 bits per heavy atom. The Bertz CT molecular complexity index is 1120. The largest absolute Gasteiger partial charge is 0.383 e. The number of fused-ring (bicyclic) bond motifs is 2. The monoisotopic (exact) mass is 383 g/mol. The molecular weight excluding hydrogens is 366 g/mol. The van der Waals surface area contributed by atoms with E-state index < -0.39 is 0 Å². The first kappa shape index (κ1) is 17.5. The van der Waals surface area contributed by atoms with Crippen LogP contribution >= 0.6 is 11.6 Å². The molecule has 0 saturated heterocycles. The van der Waals surface area contributed by atoms with E-state index in [2.05, 4.69) is 15.5 Å². The van der Waals surface area contributed by atoms with Crippen molar-refractivity contribution < 1.29 is 9.53 Å². The van der Waals surface area contributed by atoms with Crippen LogP contribution in [0.1, 0.15) is 16.3 Å². The molecule has 7 nitrogen and oxygen atoms in total. The van der Waals surface area contributed by atoms with Gasteiger partial charge in [-0.25, -0.2) is 0 Å². The number of carbonyl (C=O) groups excluding carboxylic acids is 1. The SMILES string of the molecule is COCCn1c(C(=O)NCc2nnc3ccccn23)cc2cc(Cl)ccc21. The molecule has 0 atom stereocenters. The molecule has 1 aromatic carbocycles. The molecule has 1 N–H and O–H groups in total. The van der Waals surface area contributed by atoms with Crippen molar-refractivity contribution in [3.05, 3.63) is 65.2 Å². The van der Waals surface area contributed by atoms with Gasteiger partial charge in [-0.15, -0.1) is 10.2 Å². The molecule has 0 spiro atoms. The average Bonchev–Trinajstić information content (AvgIpc) is 3.25. The second-order valence-electron chi connectivity index (χ2n) is 6.10. The van der Waals surface area contributed by atoms with Gasteiger partial charge in [-0.05, 0) is 36.4 Å². The Morgan fingerprint density at radius 1 is 1.22 bits per heavy atom. The maximum Gasteiger partial charge on any atom is 0.268 e. The lowest BCUT2D eigenvalue weighted by Gasteiger charge is -2.10. The van der Waals surface area contributed by atoms with Crippen LogP contribution in [0, 0.1) is 0 Å². The second kappa shape index (κ2) is 7.38. The van der Waals surface area contributed by atoms with Crippen molar-refractivity contribution in [1.82, 2.24) is 24.5 Å². The fourth-order valence-electron chi connectivity index (χ4n) is 3.11. The summed E-state index contributed by atoms with van der Waals surface area (Å²) in [5, 5.41) is 12.7. The van der Waals surface area contributed by atoms with Crippen molar-refractivity contribution in [3.63, 3.8) is 0 Å². The first-order valence-electron chi connectivity index (χ1n) is 8.52. The van der Waals surface area contributed by atoms with Gasteiger partial charge in [-0.1, -0.05) is 17.7 Å². The minimum Gasteiger partial charge on any atom is -0.383 e. The normalized spacial score (nSPS) is 11.3. The molecule has 0 radical (unpaired) electrons. The van der Waals surface area contributed by atoms with Gasteiger partial charge in [0.05, 0.1) is 13.2 Å². The zero-order valence-corrected chi connectivity index (χ0v) is 15.5. The number of methoxy groups -OCH3 is 1. The van der Waals surface area contributed by atoms with Crippen molar-refractivity contribution in [2.45, 2.75) is 13.1 Å². The number of hydrogen-bond donors (Lipinski definition) is 1. The van der Waals surface area contributed by atoms with E-state index in [1.807, 2.05) is 57.6 Å². The first-order chi connectivity index (χ1) is 13.2. The molecule has 138 valence electrons. The highest BCUT2D eigenvalue weighted by Gasteiger charge is 2.16. The number of benzene rings is 1. The van der Waals surface area contributed by atoms with Gasteiger partial charge in [0.15, 0.2) is 11.5 Å². The number of rotatable bonds is 6. The average molecular weight is 384 g/mol. The van der Waals surface area contributed by atoms with E-state index in [0.29, 0.717) is 29.7 Å². The number of pyridine rings is 1. The molecule has 3 aromatic heterocycles. The number of nitrogens with zero attached hydrogens (tertiary/aromatic N) is 4. The molecule has 0 aliphatic rings. The summed E-state index contributed by atoms with van der Waals surface area (Å²) < 4.78 is 8.97. The zero-order chi connectivity index (χ0) is 18.8. The predicted octanol–water partition coefficient (Wildman–Crippen LogP) is 2.91. The van der Waals surface area contributed by atoms with Crippen LogP contribution in [-0.2, 0) is 17.8 Å². The topological polar surface area (TPSA) is 73.4 Å². The van der Waals surface area contributed by atoms with Gasteiger partial charge >= 0.3 is 0 Å². The Hall–Kier alpha value is -2.90. The summed E-state index contributed by atoms with van der Waals surface area (Å²) in [6.45, 7) is 1.34. The molecule has 0 saturated carbocycles. The highest BCUT2D eigenvalue weighted by Crippen LogP contribution is 2.24. The minimum atomic E-state index is -0.189. The third-order valence-electron chi connectivity index (χ3n) is 4.41. The minimum absolute atomic E-state index is 0.189. The van der Waals surface area contributed by atoms with Crippen LogP contribution in [0.25, 0.3) is 16.6 Å². The van der Waals surface area contributed by atoms with Gasteiger partial charge < -0.3 is 14.6 Å². The van der Waals surface area contributed by atoms with Crippen molar-refractivity contribution in [1.29, 1.82) is 0 Å². The summed E-state index contributed by atoms with van der Waals surface area (Å²) in [4.78, 5) is 12.9. The molecule has 0 unspecified atom stereocenters. The van der Waals surface area contributed by atoms with E-state index >= 15 is 0 Å². The zero-order valence-electron chi connectivity index (χ0n) is 14.7. The standard InChI is InChI=1S/C19H18ClN5O2/c1-27-9-8-24-15-6-5-14(20)10-13(15)11-16(24)19(26)21-12-18-23-22-17-4-2-3-7-25(17)18/h2-7,10-11H,8-9,12H2,1H3,(H,21,26). The molecule has 0 aliphatic heterocycles. The number of halogens is 1. The van der Waals surface area contributed by atoms with Crippen LogP contribution < -0.4 is 5.32 Å². The van der Waals surface area contributed by atoms with E-state index in [1.165, 1.54) is 0 Å². The van der Waals surface area contributed by atoms with Gasteiger partial charge in [0.2, 0.25) is 0 Å². The Labute approximate surface area is 160 Å². The fraction of sp³-hybridized carbons (Fsp3) is 0.211. The van der Waals surface area contributed by atoms with Gasteiger partial charge in [-0.3, -0.25) is 9.20 Å². The second-order valence-corrected chi connectivity index (χ2v) is 6.54. The summed E-state index contributed by atoms with van der Waals surface area (Å²) in [6, 6.07) is 13.1. The number of aromatic nitrogens is 4. The third-order valence-corrected chi connectivity index (χ3v) is 4.64. The lowest BCUT2D eigenvalue weighted by molar-refractivity contribution is 0.0938. The number of amides is 1. The van der Waals surface area contributed by atoms with Crippen LogP contribution in [0.3, 0.4) is 0 Å². The van der Waals surface area contributed by atoms with Gasteiger partial charge in [0, 0.05) is 35.8 Å². The quantitative estimate of drug-likeness (QED) is 0.555. The molecular formula is C19H18ClN5O2. The van der Waals surface area contributed by atoms with Gasteiger partial charge in [0.1, 0.15) is 5.69 Å². The van der Waals surface area contributed by atoms with Crippen molar-refractivity contribution in [3.8, 4) is 0 Å². The summed E-state index contributed by atoms with van der Waals surface area (Å²) in [6.07, 6.45) is 1.87. The van der Waals surface area contributed by atoms with Gasteiger partial charge in [0.25, 0.3) is 5.91 Å². The number of nitrogens with one attached hydrogen (secondary N) is 1. The number of ether oxygens (including phenoxy) is 1. The maximum absolute atomic E-state index is 12.9. The van der Waals surface area contributed by atoms with Gasteiger partial charge in [-0.2, -0.15) is 0 Å². The van der Waals surface area contributed by atoms with Crippen molar-refractivity contribution in [2.24, 2.45) is 0 Å². The molecule has 1 amide bonds. The lowest BCUT2D eigenvalue weighted by Crippen LogP contribution is -2.27. The van der Waals surface area contributed by atoms with E-state index in [1.54, 1.807) is 7.11 Å². The Balaban J connectivity index is 1.61. The summed E-state index contributed by atoms with van der Waals surface area (Å²) >= 11 is 6.10. The highest BCUT2D eigenvalue weighted by molar-refractivity contribution is 6.31. The maximum atomic E-state index is 12.9. The Kier molecular flexibility index (Phi) is 4.79. The molecule has 4 aromatic rings. The van der Waals surface area contributed by atoms with Crippen molar-refractivity contribution >= 4 is 34.1 Å². The summed E-state index contributed by atoms with van der Waals surface area (Å²) in [5.41, 5.74) is 2.23. The van der Waals surface area contributed by atoms with E-state index in [4.69, 9.17) is 16.3 Å². The molecule has 27 heavy (non-hydrogen) atoms. The number of hydrogen-bond acceptors (Lipinski definition) is 4. The molecule has 4 rings (SSSR count). The van der Waals surface area contributed by atoms with E-state index in [-0.39, 0.29) is 12.5 Å².